The Morgan fingerprint density at radius 2 is 1.81 bits per heavy atom. The predicted octanol–water partition coefficient (Wildman–Crippen LogP) is 3.03. The average molecular weight is 375 g/mol. The van der Waals surface area contributed by atoms with Crippen LogP contribution in [0.2, 0.25) is 0 Å². The van der Waals surface area contributed by atoms with Crippen LogP contribution in [0.25, 0.3) is 0 Å². The van der Waals surface area contributed by atoms with E-state index in [9.17, 15) is 9.18 Å². The minimum atomic E-state index is -0.257. The Labute approximate surface area is 160 Å². The molecule has 0 spiro atoms. The molecule has 0 radical (unpaired) electrons. The Bertz CT molecular complexity index is 627. The van der Waals surface area contributed by atoms with Crippen LogP contribution in [0.5, 0.6) is 0 Å². The summed E-state index contributed by atoms with van der Waals surface area (Å²) in [5.41, 5.74) is 0.914. The molecule has 4 rings (SSSR count). The van der Waals surface area contributed by atoms with E-state index in [1.165, 1.54) is 57.5 Å². The van der Waals surface area contributed by atoms with Crippen LogP contribution in [0.3, 0.4) is 0 Å². The summed E-state index contributed by atoms with van der Waals surface area (Å²) in [6.45, 7) is 5.99. The average Bonchev–Trinajstić information content (AvgIpc) is 3.52. The van der Waals surface area contributed by atoms with Crippen molar-refractivity contribution in [1.82, 2.24) is 15.1 Å². The largest absolute Gasteiger partial charge is 0.370 e. The molecule has 3 aliphatic rings. The quantitative estimate of drug-likeness (QED) is 0.860. The number of halogens is 1. The van der Waals surface area contributed by atoms with Crippen LogP contribution in [0, 0.1) is 17.7 Å². The molecule has 1 aliphatic carbocycles. The van der Waals surface area contributed by atoms with E-state index in [-0.39, 0.29) is 18.0 Å². The first kappa shape index (κ1) is 18.7. The number of carbonyl (C=O) groups is 1. The Balaban J connectivity index is 1.20. The normalized spacial score (nSPS) is 24.8. The molecule has 2 heterocycles. The van der Waals surface area contributed by atoms with Crippen molar-refractivity contribution in [3.05, 3.63) is 35.6 Å². The van der Waals surface area contributed by atoms with Crippen molar-refractivity contribution in [2.24, 2.45) is 11.8 Å². The molecule has 1 N–H and O–H groups in total. The van der Waals surface area contributed by atoms with Crippen LogP contribution >= 0.6 is 0 Å². The lowest BCUT2D eigenvalue weighted by Crippen LogP contribution is -2.48. The number of benzene rings is 1. The second-order valence-electron chi connectivity index (χ2n) is 8.23. The van der Waals surface area contributed by atoms with Crippen molar-refractivity contribution in [2.75, 3.05) is 45.9 Å². The van der Waals surface area contributed by atoms with Gasteiger partial charge in [-0.2, -0.15) is 0 Å². The van der Waals surface area contributed by atoms with Gasteiger partial charge in [0.25, 0.3) is 0 Å². The summed E-state index contributed by atoms with van der Waals surface area (Å²) in [6, 6.07) is 6.33. The lowest BCUT2D eigenvalue weighted by atomic mass is 9.96. The van der Waals surface area contributed by atoms with Gasteiger partial charge in [-0.1, -0.05) is 12.1 Å². The molecule has 1 aromatic carbocycles. The van der Waals surface area contributed by atoms with Crippen molar-refractivity contribution in [2.45, 2.75) is 31.8 Å². The minimum absolute atomic E-state index is 0.00850. The molecule has 1 saturated carbocycles. The smallest absolute Gasteiger partial charge is 0.317 e. The fourth-order valence-electron chi connectivity index (χ4n) is 4.09. The molecule has 148 valence electrons. The monoisotopic (exact) mass is 375 g/mol. The van der Waals surface area contributed by atoms with E-state index in [4.69, 9.17) is 4.74 Å². The molecule has 1 aromatic rings. The van der Waals surface area contributed by atoms with Crippen molar-refractivity contribution >= 4 is 6.03 Å². The molecule has 27 heavy (non-hydrogen) atoms. The molecule has 3 fully saturated rings. The summed E-state index contributed by atoms with van der Waals surface area (Å²) in [7, 11) is 0. The van der Waals surface area contributed by atoms with Gasteiger partial charge in [0.05, 0.1) is 13.2 Å². The zero-order chi connectivity index (χ0) is 18.6. The molecule has 1 atom stereocenters. The molecule has 5 nitrogen and oxygen atoms in total. The summed E-state index contributed by atoms with van der Waals surface area (Å²) in [6.07, 6.45) is 4.99. The van der Waals surface area contributed by atoms with Crippen LogP contribution in [-0.2, 0) is 4.74 Å². The van der Waals surface area contributed by atoms with Crippen molar-refractivity contribution in [3.63, 3.8) is 0 Å². The Kier molecular flexibility index (Phi) is 5.93. The molecule has 2 aliphatic heterocycles. The van der Waals surface area contributed by atoms with Crippen molar-refractivity contribution < 1.29 is 13.9 Å². The highest BCUT2D eigenvalue weighted by atomic mass is 19.1. The summed E-state index contributed by atoms with van der Waals surface area (Å²) < 4.78 is 18.9. The number of carbonyl (C=O) groups excluding carboxylic acids is 1. The fourth-order valence-corrected chi connectivity index (χ4v) is 4.09. The van der Waals surface area contributed by atoms with E-state index in [2.05, 4.69) is 10.2 Å². The van der Waals surface area contributed by atoms with Crippen LogP contribution in [-0.4, -0.2) is 61.7 Å². The lowest BCUT2D eigenvalue weighted by molar-refractivity contribution is -0.0156. The van der Waals surface area contributed by atoms with Gasteiger partial charge < -0.3 is 19.9 Å². The van der Waals surface area contributed by atoms with Gasteiger partial charge in [-0.3, -0.25) is 0 Å². The number of ether oxygens (including phenoxy) is 1. The van der Waals surface area contributed by atoms with Crippen molar-refractivity contribution in [3.8, 4) is 0 Å². The Morgan fingerprint density at radius 1 is 1.07 bits per heavy atom. The highest BCUT2D eigenvalue weighted by Gasteiger charge is 2.28. The zero-order valence-corrected chi connectivity index (χ0v) is 15.9. The van der Waals surface area contributed by atoms with Gasteiger partial charge >= 0.3 is 6.03 Å². The molecule has 0 unspecified atom stereocenters. The zero-order valence-electron chi connectivity index (χ0n) is 15.9. The molecule has 2 saturated heterocycles. The third-order valence-electron chi connectivity index (χ3n) is 6.06. The third kappa shape index (κ3) is 5.20. The van der Waals surface area contributed by atoms with Crippen LogP contribution < -0.4 is 5.32 Å². The standard InChI is InChI=1S/C21H30FN3O2/c22-19-5-3-18(4-6-19)20-15-25(11-12-27-20)21(26)23-13-16-7-9-24(10-8-16)14-17-1-2-17/h3-6,16-17,20H,1-2,7-15H2,(H,23,26)/t20-/m0/s1. The van der Waals surface area contributed by atoms with E-state index < -0.39 is 0 Å². The molecular weight excluding hydrogens is 345 g/mol. The lowest BCUT2D eigenvalue weighted by Gasteiger charge is -2.35. The number of nitrogens with zero attached hydrogens (tertiary/aromatic N) is 2. The van der Waals surface area contributed by atoms with Crippen LogP contribution in [0.1, 0.15) is 37.4 Å². The van der Waals surface area contributed by atoms with Gasteiger partial charge in [-0.05, 0) is 68.3 Å². The van der Waals surface area contributed by atoms with E-state index in [1.807, 2.05) is 4.90 Å². The van der Waals surface area contributed by atoms with Gasteiger partial charge in [0, 0.05) is 19.6 Å². The van der Waals surface area contributed by atoms with E-state index in [0.717, 1.165) is 18.0 Å². The Morgan fingerprint density at radius 3 is 2.52 bits per heavy atom. The highest BCUT2D eigenvalue weighted by Crippen LogP contribution is 2.31. The van der Waals surface area contributed by atoms with Crippen LogP contribution in [0.4, 0.5) is 9.18 Å². The number of likely N-dealkylation sites (tertiary alicyclic amines) is 1. The molecule has 6 heteroatoms. The molecule has 0 aromatic heterocycles. The third-order valence-corrected chi connectivity index (χ3v) is 6.06. The Hall–Kier alpha value is -1.66. The molecular formula is C21H30FN3O2. The summed E-state index contributed by atoms with van der Waals surface area (Å²) in [4.78, 5) is 17.0. The van der Waals surface area contributed by atoms with E-state index in [1.54, 1.807) is 12.1 Å². The minimum Gasteiger partial charge on any atom is -0.370 e. The van der Waals surface area contributed by atoms with Gasteiger partial charge in [0.2, 0.25) is 0 Å². The maximum absolute atomic E-state index is 13.1. The van der Waals surface area contributed by atoms with E-state index in [0.29, 0.717) is 25.6 Å². The first-order chi connectivity index (χ1) is 13.2. The van der Waals surface area contributed by atoms with Gasteiger partial charge in [0.15, 0.2) is 0 Å². The number of urea groups is 1. The second kappa shape index (κ2) is 8.57. The number of piperidine rings is 1. The van der Waals surface area contributed by atoms with E-state index >= 15 is 0 Å². The summed E-state index contributed by atoms with van der Waals surface area (Å²) >= 11 is 0. The van der Waals surface area contributed by atoms with Crippen molar-refractivity contribution in [1.29, 1.82) is 0 Å². The first-order valence-corrected chi connectivity index (χ1v) is 10.3. The van der Waals surface area contributed by atoms with Crippen LogP contribution in [0.15, 0.2) is 24.3 Å². The molecule has 0 bridgehead atoms. The second-order valence-corrected chi connectivity index (χ2v) is 8.23. The number of rotatable bonds is 5. The molecule has 2 amide bonds. The summed E-state index contributed by atoms with van der Waals surface area (Å²) in [5, 5.41) is 3.12. The maximum atomic E-state index is 13.1. The number of nitrogens with one attached hydrogen (secondary N) is 1. The fraction of sp³-hybridized carbons (Fsp3) is 0.667. The first-order valence-electron chi connectivity index (χ1n) is 10.3. The maximum Gasteiger partial charge on any atom is 0.317 e. The topological polar surface area (TPSA) is 44.8 Å². The highest BCUT2D eigenvalue weighted by molar-refractivity contribution is 5.74. The van der Waals surface area contributed by atoms with Gasteiger partial charge in [0.1, 0.15) is 11.9 Å². The predicted molar refractivity (Wildman–Crippen MR) is 102 cm³/mol. The number of hydrogen-bond donors (Lipinski definition) is 1. The number of amides is 2. The van der Waals surface area contributed by atoms with Gasteiger partial charge in [-0.15, -0.1) is 0 Å². The number of hydrogen-bond acceptors (Lipinski definition) is 3. The summed E-state index contributed by atoms with van der Waals surface area (Å²) in [5.74, 6) is 1.28. The van der Waals surface area contributed by atoms with Gasteiger partial charge in [-0.25, -0.2) is 9.18 Å². The SMILES string of the molecule is O=C(NCC1CCN(CC2CC2)CC1)N1CCO[C@H](c2ccc(F)cc2)C1. The number of morpholine rings is 1.